The number of aryl methyl sites for hydroxylation is 1. The highest BCUT2D eigenvalue weighted by atomic mass is 19.1. The molecule has 0 spiro atoms. The van der Waals surface area contributed by atoms with Crippen LogP contribution in [0, 0.1) is 5.82 Å². The van der Waals surface area contributed by atoms with E-state index in [1.54, 1.807) is 18.2 Å². The van der Waals surface area contributed by atoms with Gasteiger partial charge in [0.25, 0.3) is 0 Å². The third-order valence-corrected chi connectivity index (χ3v) is 3.49. The van der Waals surface area contributed by atoms with E-state index in [4.69, 9.17) is 4.74 Å². The minimum absolute atomic E-state index is 0.0237. The van der Waals surface area contributed by atoms with Crippen molar-refractivity contribution < 1.29 is 13.9 Å². The molecule has 1 saturated heterocycles. The standard InChI is InChI=1S/C15H20FNO2/c1-11(14-7-4-10-19-14)17-15(18)9-8-12-5-2-3-6-13(12)16/h2-3,5-6,11,14H,4,7-10H2,1H3,(H,17,18)/t11-,14-/m1/s1. The molecule has 104 valence electrons. The minimum atomic E-state index is -0.248. The first kappa shape index (κ1) is 14.0. The molecule has 1 aliphatic rings. The molecule has 4 heteroatoms. The first-order chi connectivity index (χ1) is 9.16. The van der Waals surface area contributed by atoms with Crippen LogP contribution in [-0.4, -0.2) is 24.7 Å². The highest BCUT2D eigenvalue weighted by Gasteiger charge is 2.23. The van der Waals surface area contributed by atoms with Gasteiger partial charge in [0.15, 0.2) is 0 Å². The minimum Gasteiger partial charge on any atom is -0.376 e. The fourth-order valence-corrected chi connectivity index (χ4v) is 2.37. The summed E-state index contributed by atoms with van der Waals surface area (Å²) in [4.78, 5) is 11.8. The number of halogens is 1. The van der Waals surface area contributed by atoms with Crippen molar-refractivity contribution in [2.75, 3.05) is 6.61 Å². The molecule has 3 nitrogen and oxygen atoms in total. The normalized spacial score (nSPS) is 20.2. The topological polar surface area (TPSA) is 38.3 Å². The Morgan fingerprint density at radius 3 is 3.00 bits per heavy atom. The van der Waals surface area contributed by atoms with Crippen LogP contribution < -0.4 is 5.32 Å². The molecule has 0 bridgehead atoms. The van der Waals surface area contributed by atoms with Crippen molar-refractivity contribution in [3.63, 3.8) is 0 Å². The number of carbonyl (C=O) groups excluding carboxylic acids is 1. The Morgan fingerprint density at radius 2 is 2.32 bits per heavy atom. The summed E-state index contributed by atoms with van der Waals surface area (Å²) in [5, 5.41) is 2.93. The Bertz CT molecular complexity index is 430. The molecule has 19 heavy (non-hydrogen) atoms. The van der Waals surface area contributed by atoms with Crippen molar-refractivity contribution in [2.45, 2.75) is 44.8 Å². The number of nitrogens with one attached hydrogen (secondary N) is 1. The maximum atomic E-state index is 13.4. The molecule has 1 fully saturated rings. The van der Waals surface area contributed by atoms with Gasteiger partial charge in [-0.3, -0.25) is 4.79 Å². The molecule has 0 unspecified atom stereocenters. The van der Waals surface area contributed by atoms with Crippen molar-refractivity contribution in [1.29, 1.82) is 0 Å². The number of amides is 1. The van der Waals surface area contributed by atoms with Gasteiger partial charge < -0.3 is 10.1 Å². The molecule has 1 heterocycles. The molecule has 0 saturated carbocycles. The Balaban J connectivity index is 1.77. The van der Waals surface area contributed by atoms with Crippen LogP contribution in [0.4, 0.5) is 4.39 Å². The van der Waals surface area contributed by atoms with Crippen LogP contribution >= 0.6 is 0 Å². The number of ether oxygens (including phenoxy) is 1. The Kier molecular flexibility index (Phi) is 4.91. The van der Waals surface area contributed by atoms with Gasteiger partial charge in [0, 0.05) is 13.0 Å². The van der Waals surface area contributed by atoms with Crippen molar-refractivity contribution in [1.82, 2.24) is 5.32 Å². The summed E-state index contributed by atoms with van der Waals surface area (Å²) < 4.78 is 18.9. The quantitative estimate of drug-likeness (QED) is 0.888. The summed E-state index contributed by atoms with van der Waals surface area (Å²) in [7, 11) is 0. The largest absolute Gasteiger partial charge is 0.376 e. The highest BCUT2D eigenvalue weighted by Crippen LogP contribution is 2.15. The first-order valence-electron chi connectivity index (χ1n) is 6.81. The van der Waals surface area contributed by atoms with Gasteiger partial charge in [0.2, 0.25) is 5.91 Å². The van der Waals surface area contributed by atoms with Gasteiger partial charge in [0.1, 0.15) is 5.82 Å². The summed E-state index contributed by atoms with van der Waals surface area (Å²) in [5.41, 5.74) is 0.586. The Labute approximate surface area is 113 Å². The fraction of sp³-hybridized carbons (Fsp3) is 0.533. The van der Waals surface area contributed by atoms with Gasteiger partial charge in [-0.05, 0) is 37.8 Å². The summed E-state index contributed by atoms with van der Waals surface area (Å²) in [6.07, 6.45) is 2.90. The van der Waals surface area contributed by atoms with E-state index in [9.17, 15) is 9.18 Å². The van der Waals surface area contributed by atoms with Crippen molar-refractivity contribution in [3.8, 4) is 0 Å². The zero-order chi connectivity index (χ0) is 13.7. The number of benzene rings is 1. The molecule has 1 amide bonds. The third-order valence-electron chi connectivity index (χ3n) is 3.49. The van der Waals surface area contributed by atoms with Crippen molar-refractivity contribution in [3.05, 3.63) is 35.6 Å². The number of hydrogen-bond acceptors (Lipinski definition) is 2. The second-order valence-corrected chi connectivity index (χ2v) is 5.00. The summed E-state index contributed by atoms with van der Waals surface area (Å²) in [6.45, 7) is 2.73. The van der Waals surface area contributed by atoms with Gasteiger partial charge in [-0.1, -0.05) is 18.2 Å². The monoisotopic (exact) mass is 265 g/mol. The molecule has 2 atom stereocenters. The lowest BCUT2D eigenvalue weighted by Crippen LogP contribution is -2.40. The molecule has 0 radical (unpaired) electrons. The van der Waals surface area contributed by atoms with Crippen LogP contribution in [0.25, 0.3) is 0 Å². The average molecular weight is 265 g/mol. The van der Waals surface area contributed by atoms with Crippen LogP contribution in [0.15, 0.2) is 24.3 Å². The van der Waals surface area contributed by atoms with Gasteiger partial charge in [0.05, 0.1) is 12.1 Å². The molecule has 1 aromatic carbocycles. The summed E-state index contributed by atoms with van der Waals surface area (Å²) in [6, 6.07) is 6.59. The second-order valence-electron chi connectivity index (χ2n) is 5.00. The predicted octanol–water partition coefficient (Wildman–Crippen LogP) is 2.44. The predicted molar refractivity (Wildman–Crippen MR) is 71.3 cm³/mol. The van der Waals surface area contributed by atoms with Gasteiger partial charge in [-0.2, -0.15) is 0 Å². The van der Waals surface area contributed by atoms with Gasteiger partial charge >= 0.3 is 0 Å². The lowest BCUT2D eigenvalue weighted by Gasteiger charge is -2.19. The SMILES string of the molecule is C[C@@H](NC(=O)CCc1ccccc1F)[C@H]1CCCO1. The van der Waals surface area contributed by atoms with E-state index in [1.165, 1.54) is 6.07 Å². The number of carbonyl (C=O) groups is 1. The zero-order valence-corrected chi connectivity index (χ0v) is 11.2. The first-order valence-corrected chi connectivity index (χ1v) is 6.81. The molecule has 0 aromatic heterocycles. The van der Waals surface area contributed by atoms with E-state index >= 15 is 0 Å². The third kappa shape index (κ3) is 4.03. The van der Waals surface area contributed by atoms with E-state index in [1.807, 2.05) is 6.92 Å². The van der Waals surface area contributed by atoms with Crippen LogP contribution in [-0.2, 0) is 16.0 Å². The van der Waals surface area contributed by atoms with Crippen molar-refractivity contribution in [2.24, 2.45) is 0 Å². The van der Waals surface area contributed by atoms with E-state index in [2.05, 4.69) is 5.32 Å². The molecule has 1 aliphatic heterocycles. The number of hydrogen-bond donors (Lipinski definition) is 1. The Hall–Kier alpha value is -1.42. The van der Waals surface area contributed by atoms with Crippen LogP contribution in [0.2, 0.25) is 0 Å². The molecular weight excluding hydrogens is 245 g/mol. The van der Waals surface area contributed by atoms with Crippen LogP contribution in [0.5, 0.6) is 0 Å². The molecular formula is C15H20FNO2. The summed E-state index contributed by atoms with van der Waals surface area (Å²) in [5.74, 6) is -0.297. The maximum Gasteiger partial charge on any atom is 0.220 e. The lowest BCUT2D eigenvalue weighted by molar-refractivity contribution is -0.122. The molecule has 1 N–H and O–H groups in total. The smallest absolute Gasteiger partial charge is 0.220 e. The second kappa shape index (κ2) is 6.66. The van der Waals surface area contributed by atoms with Crippen molar-refractivity contribution >= 4 is 5.91 Å². The molecule has 1 aromatic rings. The van der Waals surface area contributed by atoms with E-state index < -0.39 is 0 Å². The van der Waals surface area contributed by atoms with Gasteiger partial charge in [-0.25, -0.2) is 4.39 Å². The summed E-state index contributed by atoms with van der Waals surface area (Å²) >= 11 is 0. The maximum absolute atomic E-state index is 13.4. The highest BCUT2D eigenvalue weighted by molar-refractivity contribution is 5.76. The van der Waals surface area contributed by atoms with Crippen LogP contribution in [0.3, 0.4) is 0 Å². The van der Waals surface area contributed by atoms with Crippen LogP contribution in [0.1, 0.15) is 31.7 Å². The molecule has 2 rings (SSSR count). The van der Waals surface area contributed by atoms with E-state index in [-0.39, 0.29) is 23.9 Å². The zero-order valence-electron chi connectivity index (χ0n) is 11.2. The van der Waals surface area contributed by atoms with E-state index in [0.29, 0.717) is 18.4 Å². The van der Waals surface area contributed by atoms with E-state index in [0.717, 1.165) is 19.4 Å². The average Bonchev–Trinajstić information content (AvgIpc) is 2.91. The van der Waals surface area contributed by atoms with Gasteiger partial charge in [-0.15, -0.1) is 0 Å². The lowest BCUT2D eigenvalue weighted by atomic mass is 10.1. The fourth-order valence-electron chi connectivity index (χ4n) is 2.37. The Morgan fingerprint density at radius 1 is 1.53 bits per heavy atom. The number of rotatable bonds is 5. The molecule has 0 aliphatic carbocycles.